The molecule has 1 aliphatic heterocycles. The van der Waals surface area contributed by atoms with Crippen molar-refractivity contribution < 1.29 is 19.3 Å². The highest BCUT2D eigenvalue weighted by atomic mass is 16.6. The number of rotatable bonds is 6. The highest BCUT2D eigenvalue weighted by molar-refractivity contribution is 6.08. The van der Waals surface area contributed by atoms with E-state index in [2.05, 4.69) is 25.6 Å². The van der Waals surface area contributed by atoms with Crippen LogP contribution in [0.25, 0.3) is 11.0 Å². The summed E-state index contributed by atoms with van der Waals surface area (Å²) in [6, 6.07) is 5.24. The van der Waals surface area contributed by atoms with E-state index in [1.807, 2.05) is 6.07 Å². The summed E-state index contributed by atoms with van der Waals surface area (Å²) in [4.78, 5) is 25.4. The minimum absolute atomic E-state index is 0.0636. The molecule has 1 aliphatic rings. The maximum absolute atomic E-state index is 12.5. The standard InChI is InChI=1S/C18H20N6O4/c25-15(26)7-11-24-10-6-13(20-24)18(27)19-12-4-5-14(17-16(12)21-28-22-17)23-8-2-1-3-9-23/h4-6,10H,1-3,7-9,11H2,(H,19,27)(H,25,26). The zero-order chi connectivity index (χ0) is 19.5. The number of aliphatic carboxylic acids is 1. The molecule has 28 heavy (non-hydrogen) atoms. The van der Waals surface area contributed by atoms with Crippen LogP contribution < -0.4 is 10.2 Å². The molecule has 10 nitrogen and oxygen atoms in total. The number of aryl methyl sites for hydroxylation is 1. The van der Waals surface area contributed by atoms with E-state index in [4.69, 9.17) is 9.74 Å². The van der Waals surface area contributed by atoms with E-state index in [-0.39, 0.29) is 18.7 Å². The second-order valence-corrected chi connectivity index (χ2v) is 6.70. The van der Waals surface area contributed by atoms with Gasteiger partial charge < -0.3 is 15.3 Å². The second-order valence-electron chi connectivity index (χ2n) is 6.70. The lowest BCUT2D eigenvalue weighted by atomic mass is 10.1. The third kappa shape index (κ3) is 3.66. The van der Waals surface area contributed by atoms with E-state index < -0.39 is 11.9 Å². The Morgan fingerprint density at radius 2 is 1.89 bits per heavy atom. The van der Waals surface area contributed by atoms with Crippen LogP contribution >= 0.6 is 0 Å². The molecule has 10 heteroatoms. The molecule has 1 saturated heterocycles. The molecule has 2 N–H and O–H groups in total. The Bertz CT molecular complexity index is 1000. The molecule has 3 aromatic rings. The fourth-order valence-corrected chi connectivity index (χ4v) is 3.35. The first-order valence-corrected chi connectivity index (χ1v) is 9.18. The fraction of sp³-hybridized carbons (Fsp3) is 0.389. The predicted molar refractivity (Wildman–Crippen MR) is 100 cm³/mol. The number of carbonyl (C=O) groups is 2. The Hall–Kier alpha value is -3.43. The molecule has 1 aromatic carbocycles. The third-order valence-corrected chi connectivity index (χ3v) is 4.77. The van der Waals surface area contributed by atoms with Crippen molar-refractivity contribution in [2.45, 2.75) is 32.2 Å². The van der Waals surface area contributed by atoms with E-state index >= 15 is 0 Å². The number of carboxylic acid groups (broad SMARTS) is 1. The SMILES string of the molecule is O=C(O)CCn1ccc(C(=O)Nc2ccc(N3CCCCC3)c3nonc23)n1. The Morgan fingerprint density at radius 1 is 1.11 bits per heavy atom. The van der Waals surface area contributed by atoms with Gasteiger partial charge in [0.15, 0.2) is 16.7 Å². The smallest absolute Gasteiger partial charge is 0.305 e. The lowest BCUT2D eigenvalue weighted by molar-refractivity contribution is -0.137. The van der Waals surface area contributed by atoms with Gasteiger partial charge >= 0.3 is 5.97 Å². The van der Waals surface area contributed by atoms with Crippen molar-refractivity contribution in [1.29, 1.82) is 0 Å². The van der Waals surface area contributed by atoms with Crippen molar-refractivity contribution >= 4 is 34.3 Å². The topological polar surface area (TPSA) is 126 Å². The molecule has 0 radical (unpaired) electrons. The molecule has 146 valence electrons. The first-order chi connectivity index (χ1) is 13.6. The second kappa shape index (κ2) is 7.67. The van der Waals surface area contributed by atoms with Crippen molar-refractivity contribution in [3.63, 3.8) is 0 Å². The van der Waals surface area contributed by atoms with Gasteiger partial charge in [-0.1, -0.05) is 0 Å². The molecule has 2 aromatic heterocycles. The Balaban J connectivity index is 1.53. The van der Waals surface area contributed by atoms with Crippen molar-refractivity contribution in [2.24, 2.45) is 0 Å². The Morgan fingerprint density at radius 3 is 2.68 bits per heavy atom. The Kier molecular flexibility index (Phi) is 4.92. The van der Waals surface area contributed by atoms with Crippen LogP contribution in [0.2, 0.25) is 0 Å². The average molecular weight is 384 g/mol. The summed E-state index contributed by atoms with van der Waals surface area (Å²) in [5.74, 6) is -1.33. The van der Waals surface area contributed by atoms with Gasteiger partial charge in [0.2, 0.25) is 0 Å². The number of aromatic nitrogens is 4. The van der Waals surface area contributed by atoms with Gasteiger partial charge in [0.25, 0.3) is 5.91 Å². The number of nitrogens with one attached hydrogen (secondary N) is 1. The van der Waals surface area contributed by atoms with Crippen molar-refractivity contribution in [2.75, 3.05) is 23.3 Å². The number of carboxylic acids is 1. The van der Waals surface area contributed by atoms with Gasteiger partial charge in [-0.25, -0.2) is 4.63 Å². The quantitative estimate of drug-likeness (QED) is 0.662. The molecular formula is C18H20N6O4. The van der Waals surface area contributed by atoms with Crippen LogP contribution in [0.4, 0.5) is 11.4 Å². The minimum Gasteiger partial charge on any atom is -0.481 e. The van der Waals surface area contributed by atoms with Gasteiger partial charge in [-0.15, -0.1) is 0 Å². The molecular weight excluding hydrogens is 364 g/mol. The molecule has 1 amide bonds. The maximum atomic E-state index is 12.5. The van der Waals surface area contributed by atoms with Gasteiger partial charge in [-0.2, -0.15) is 5.10 Å². The van der Waals surface area contributed by atoms with Crippen LogP contribution in [0.15, 0.2) is 29.0 Å². The van der Waals surface area contributed by atoms with E-state index in [1.54, 1.807) is 12.3 Å². The molecule has 0 aliphatic carbocycles. The molecule has 3 heterocycles. The zero-order valence-electron chi connectivity index (χ0n) is 15.2. The molecule has 0 spiro atoms. The number of fused-ring (bicyclic) bond motifs is 1. The van der Waals surface area contributed by atoms with Gasteiger partial charge in [-0.3, -0.25) is 14.3 Å². The molecule has 0 bridgehead atoms. The summed E-state index contributed by atoms with van der Waals surface area (Å²) < 4.78 is 6.36. The minimum atomic E-state index is -0.920. The lowest BCUT2D eigenvalue weighted by Crippen LogP contribution is -2.29. The first kappa shape index (κ1) is 18.0. The summed E-state index contributed by atoms with van der Waals surface area (Å²) in [6.07, 6.45) is 5.01. The highest BCUT2D eigenvalue weighted by Crippen LogP contribution is 2.31. The third-order valence-electron chi connectivity index (χ3n) is 4.77. The number of piperidine rings is 1. The predicted octanol–water partition coefficient (Wildman–Crippen LogP) is 2.14. The van der Waals surface area contributed by atoms with Crippen LogP contribution in [0.1, 0.15) is 36.2 Å². The molecule has 1 fully saturated rings. The van der Waals surface area contributed by atoms with Crippen molar-refractivity contribution in [3.05, 3.63) is 30.1 Å². The Labute approximate surface area is 160 Å². The lowest BCUT2D eigenvalue weighted by Gasteiger charge is -2.28. The largest absolute Gasteiger partial charge is 0.481 e. The number of nitrogens with zero attached hydrogens (tertiary/aromatic N) is 5. The van der Waals surface area contributed by atoms with Crippen LogP contribution in [0.3, 0.4) is 0 Å². The van der Waals surface area contributed by atoms with E-state index in [1.165, 1.54) is 17.2 Å². The summed E-state index contributed by atoms with van der Waals surface area (Å²) in [5.41, 5.74) is 2.73. The number of carbonyl (C=O) groups excluding carboxylic acids is 1. The van der Waals surface area contributed by atoms with E-state index in [9.17, 15) is 9.59 Å². The van der Waals surface area contributed by atoms with Crippen LogP contribution in [-0.2, 0) is 11.3 Å². The van der Waals surface area contributed by atoms with Gasteiger partial charge in [-0.05, 0) is 47.8 Å². The number of amides is 1. The summed E-state index contributed by atoms with van der Waals surface area (Å²) in [7, 11) is 0. The van der Waals surface area contributed by atoms with E-state index in [0.717, 1.165) is 31.6 Å². The summed E-state index contributed by atoms with van der Waals surface area (Å²) in [6.45, 7) is 2.12. The van der Waals surface area contributed by atoms with Crippen molar-refractivity contribution in [3.8, 4) is 0 Å². The summed E-state index contributed by atoms with van der Waals surface area (Å²) in [5, 5.41) is 23.6. The summed E-state index contributed by atoms with van der Waals surface area (Å²) >= 11 is 0. The number of benzene rings is 1. The molecule has 4 rings (SSSR count). The molecule has 0 unspecified atom stereocenters. The zero-order valence-corrected chi connectivity index (χ0v) is 15.2. The van der Waals surface area contributed by atoms with Crippen LogP contribution in [-0.4, -0.2) is 50.2 Å². The van der Waals surface area contributed by atoms with Gasteiger partial charge in [0.05, 0.1) is 24.3 Å². The molecule has 0 saturated carbocycles. The fourth-order valence-electron chi connectivity index (χ4n) is 3.35. The highest BCUT2D eigenvalue weighted by Gasteiger charge is 2.20. The van der Waals surface area contributed by atoms with Crippen LogP contribution in [0, 0.1) is 0 Å². The normalized spacial score (nSPS) is 14.4. The monoisotopic (exact) mass is 384 g/mol. The number of hydrogen-bond acceptors (Lipinski definition) is 7. The van der Waals surface area contributed by atoms with Crippen molar-refractivity contribution in [1.82, 2.24) is 20.1 Å². The van der Waals surface area contributed by atoms with Gasteiger partial charge in [0, 0.05) is 19.3 Å². The number of anilines is 2. The van der Waals surface area contributed by atoms with Gasteiger partial charge in [0.1, 0.15) is 0 Å². The maximum Gasteiger partial charge on any atom is 0.305 e. The van der Waals surface area contributed by atoms with E-state index in [0.29, 0.717) is 16.7 Å². The average Bonchev–Trinajstić information content (AvgIpc) is 3.37. The number of hydrogen-bond donors (Lipinski definition) is 2. The molecule has 0 atom stereocenters. The van der Waals surface area contributed by atoms with Crippen LogP contribution in [0.5, 0.6) is 0 Å². The first-order valence-electron chi connectivity index (χ1n) is 9.18.